The SMILES string of the molecule is Cc1ccccc1CS(=O)(=O)NCCc1nc(-c2ccncc2)cs1. The molecule has 0 aliphatic carbocycles. The van der Waals surface area contributed by atoms with Gasteiger partial charge >= 0.3 is 0 Å². The van der Waals surface area contributed by atoms with E-state index in [4.69, 9.17) is 0 Å². The van der Waals surface area contributed by atoms with Crippen LogP contribution >= 0.6 is 11.3 Å². The van der Waals surface area contributed by atoms with Gasteiger partial charge < -0.3 is 0 Å². The predicted octanol–water partition coefficient (Wildman–Crippen LogP) is 3.18. The molecule has 7 heteroatoms. The number of aryl methyl sites for hydroxylation is 1. The molecule has 2 aromatic heterocycles. The molecule has 0 radical (unpaired) electrons. The van der Waals surface area contributed by atoms with Crippen molar-refractivity contribution in [3.63, 3.8) is 0 Å². The summed E-state index contributed by atoms with van der Waals surface area (Å²) >= 11 is 1.54. The van der Waals surface area contributed by atoms with E-state index in [2.05, 4.69) is 14.7 Å². The smallest absolute Gasteiger partial charge is 0.215 e. The molecule has 0 amide bonds. The number of nitrogens with zero attached hydrogens (tertiary/aromatic N) is 2. The number of thiazole rings is 1. The summed E-state index contributed by atoms with van der Waals surface area (Å²) in [5.41, 5.74) is 3.71. The van der Waals surface area contributed by atoms with E-state index in [-0.39, 0.29) is 5.75 Å². The first-order valence-corrected chi connectivity index (χ1v) is 10.4. The summed E-state index contributed by atoms with van der Waals surface area (Å²) < 4.78 is 27.1. The van der Waals surface area contributed by atoms with Crippen LogP contribution in [0.3, 0.4) is 0 Å². The number of aromatic nitrogens is 2. The van der Waals surface area contributed by atoms with E-state index in [0.29, 0.717) is 13.0 Å². The third-order valence-electron chi connectivity index (χ3n) is 3.80. The minimum atomic E-state index is -3.35. The number of benzene rings is 1. The molecule has 0 aliphatic rings. The summed E-state index contributed by atoms with van der Waals surface area (Å²) in [7, 11) is -3.35. The Morgan fingerprint density at radius 1 is 1.12 bits per heavy atom. The van der Waals surface area contributed by atoms with E-state index < -0.39 is 10.0 Å². The van der Waals surface area contributed by atoms with E-state index >= 15 is 0 Å². The first-order valence-electron chi connectivity index (χ1n) is 7.90. The highest BCUT2D eigenvalue weighted by molar-refractivity contribution is 7.88. The van der Waals surface area contributed by atoms with Gasteiger partial charge in [0.25, 0.3) is 0 Å². The van der Waals surface area contributed by atoms with Gasteiger partial charge in [-0.15, -0.1) is 11.3 Å². The van der Waals surface area contributed by atoms with Crippen LogP contribution in [-0.2, 0) is 22.2 Å². The highest BCUT2D eigenvalue weighted by atomic mass is 32.2. The van der Waals surface area contributed by atoms with E-state index in [0.717, 1.165) is 27.4 Å². The van der Waals surface area contributed by atoms with Gasteiger partial charge in [-0.3, -0.25) is 4.98 Å². The van der Waals surface area contributed by atoms with Gasteiger partial charge in [0.05, 0.1) is 16.5 Å². The lowest BCUT2D eigenvalue weighted by molar-refractivity contribution is 0.580. The Bertz CT molecular complexity index is 938. The van der Waals surface area contributed by atoms with E-state index in [1.54, 1.807) is 12.4 Å². The fourth-order valence-corrected chi connectivity index (χ4v) is 4.48. The topological polar surface area (TPSA) is 72.0 Å². The van der Waals surface area contributed by atoms with Gasteiger partial charge in [0.15, 0.2) is 0 Å². The number of sulfonamides is 1. The minimum Gasteiger partial charge on any atom is -0.265 e. The van der Waals surface area contributed by atoms with Crippen molar-refractivity contribution in [2.45, 2.75) is 19.1 Å². The maximum absolute atomic E-state index is 12.2. The Morgan fingerprint density at radius 2 is 1.88 bits per heavy atom. The molecule has 0 saturated carbocycles. The summed E-state index contributed by atoms with van der Waals surface area (Å²) in [6.07, 6.45) is 4.03. The van der Waals surface area contributed by atoms with Crippen LogP contribution in [0.4, 0.5) is 0 Å². The molecule has 0 bridgehead atoms. The van der Waals surface area contributed by atoms with Gasteiger partial charge in [0, 0.05) is 36.3 Å². The average molecular weight is 374 g/mol. The zero-order chi connectivity index (χ0) is 17.7. The van der Waals surface area contributed by atoms with Crippen molar-refractivity contribution in [3.8, 4) is 11.3 Å². The maximum Gasteiger partial charge on any atom is 0.215 e. The molecule has 0 aliphatic heterocycles. The summed E-state index contributed by atoms with van der Waals surface area (Å²) in [6.45, 7) is 2.26. The lowest BCUT2D eigenvalue weighted by Crippen LogP contribution is -2.27. The summed E-state index contributed by atoms with van der Waals surface area (Å²) in [6, 6.07) is 11.3. The molecule has 0 saturated heterocycles. The predicted molar refractivity (Wildman–Crippen MR) is 101 cm³/mol. The average Bonchev–Trinajstić information content (AvgIpc) is 3.06. The molecule has 1 N–H and O–H groups in total. The molecule has 2 heterocycles. The second-order valence-electron chi connectivity index (χ2n) is 5.69. The Hall–Kier alpha value is -2.09. The quantitative estimate of drug-likeness (QED) is 0.690. The van der Waals surface area contributed by atoms with Crippen molar-refractivity contribution in [1.29, 1.82) is 0 Å². The van der Waals surface area contributed by atoms with Crippen molar-refractivity contribution >= 4 is 21.4 Å². The van der Waals surface area contributed by atoms with Crippen LogP contribution in [0.15, 0.2) is 54.2 Å². The van der Waals surface area contributed by atoms with Crippen molar-refractivity contribution in [2.24, 2.45) is 0 Å². The first-order chi connectivity index (χ1) is 12.0. The highest BCUT2D eigenvalue weighted by Gasteiger charge is 2.13. The Kier molecular flexibility index (Phi) is 5.57. The number of rotatable bonds is 7. The van der Waals surface area contributed by atoms with Gasteiger partial charge in [-0.25, -0.2) is 18.1 Å². The van der Waals surface area contributed by atoms with Gasteiger partial charge in [-0.1, -0.05) is 24.3 Å². The molecule has 3 rings (SSSR count). The maximum atomic E-state index is 12.2. The van der Waals surface area contributed by atoms with Crippen LogP contribution < -0.4 is 4.72 Å². The molecule has 1 aromatic carbocycles. The lowest BCUT2D eigenvalue weighted by atomic mass is 10.1. The van der Waals surface area contributed by atoms with Crippen molar-refractivity contribution in [3.05, 3.63) is 70.3 Å². The van der Waals surface area contributed by atoms with E-state index in [9.17, 15) is 8.42 Å². The molecule has 0 fully saturated rings. The van der Waals surface area contributed by atoms with Crippen molar-refractivity contribution < 1.29 is 8.42 Å². The summed E-state index contributed by atoms with van der Waals surface area (Å²) in [5, 5.41) is 2.89. The van der Waals surface area contributed by atoms with Gasteiger partial charge in [-0.2, -0.15) is 0 Å². The van der Waals surface area contributed by atoms with Crippen molar-refractivity contribution in [1.82, 2.24) is 14.7 Å². The Labute approximate surface area is 151 Å². The number of pyridine rings is 1. The largest absolute Gasteiger partial charge is 0.265 e. The molecule has 5 nitrogen and oxygen atoms in total. The zero-order valence-electron chi connectivity index (χ0n) is 13.8. The second kappa shape index (κ2) is 7.86. The number of hydrogen-bond donors (Lipinski definition) is 1. The standard InChI is InChI=1S/C18H19N3O2S2/c1-14-4-2-3-5-16(14)13-25(22,23)20-11-8-18-21-17(12-24-18)15-6-9-19-10-7-15/h2-7,9-10,12,20H,8,11,13H2,1H3. The fourth-order valence-electron chi connectivity index (χ4n) is 2.42. The fraction of sp³-hybridized carbons (Fsp3) is 0.222. The van der Waals surface area contributed by atoms with Crippen LogP contribution in [-0.4, -0.2) is 24.9 Å². The molecule has 0 spiro atoms. The van der Waals surface area contributed by atoms with Crippen LogP contribution in [0.25, 0.3) is 11.3 Å². The van der Waals surface area contributed by atoms with Crippen LogP contribution in [0.5, 0.6) is 0 Å². The minimum absolute atomic E-state index is 0.000191. The second-order valence-corrected chi connectivity index (χ2v) is 8.44. The third-order valence-corrected chi connectivity index (χ3v) is 6.04. The molecular formula is C18H19N3O2S2. The Morgan fingerprint density at radius 3 is 2.64 bits per heavy atom. The molecule has 25 heavy (non-hydrogen) atoms. The van der Waals surface area contributed by atoms with Crippen LogP contribution in [0.2, 0.25) is 0 Å². The first kappa shape index (κ1) is 17.7. The van der Waals surface area contributed by atoms with Crippen molar-refractivity contribution in [2.75, 3.05) is 6.54 Å². The molecule has 0 atom stereocenters. The molecule has 0 unspecified atom stereocenters. The van der Waals surface area contributed by atoms with Crippen LogP contribution in [0.1, 0.15) is 16.1 Å². The zero-order valence-corrected chi connectivity index (χ0v) is 15.5. The van der Waals surface area contributed by atoms with E-state index in [1.165, 1.54) is 11.3 Å². The molecule has 130 valence electrons. The lowest BCUT2D eigenvalue weighted by Gasteiger charge is -2.08. The highest BCUT2D eigenvalue weighted by Crippen LogP contribution is 2.21. The monoisotopic (exact) mass is 373 g/mol. The Balaban J connectivity index is 1.56. The summed E-state index contributed by atoms with van der Waals surface area (Å²) in [4.78, 5) is 8.55. The van der Waals surface area contributed by atoms with Gasteiger partial charge in [-0.05, 0) is 30.2 Å². The van der Waals surface area contributed by atoms with Gasteiger partial charge in [0.1, 0.15) is 0 Å². The normalized spacial score (nSPS) is 11.6. The molecular weight excluding hydrogens is 354 g/mol. The third kappa shape index (κ3) is 4.94. The number of hydrogen-bond acceptors (Lipinski definition) is 5. The van der Waals surface area contributed by atoms with Gasteiger partial charge in [0.2, 0.25) is 10.0 Å². The number of nitrogens with one attached hydrogen (secondary N) is 1. The molecule has 3 aromatic rings. The van der Waals surface area contributed by atoms with E-state index in [1.807, 2.05) is 48.7 Å². The summed E-state index contributed by atoms with van der Waals surface area (Å²) in [5.74, 6) is -0.000191. The van der Waals surface area contributed by atoms with Crippen LogP contribution in [0, 0.1) is 6.92 Å².